The Kier molecular flexibility index (Phi) is 12.2. The summed E-state index contributed by atoms with van der Waals surface area (Å²) in [7, 11) is -2.19. The summed E-state index contributed by atoms with van der Waals surface area (Å²) in [4.78, 5) is 43.6. The topological polar surface area (TPSA) is 154 Å². The number of piperidine rings is 1. The normalized spacial score (nSPS) is 18.2. The minimum absolute atomic E-state index is 0.00791. The number of nitrogens with two attached hydrogens (primary N) is 1. The highest BCUT2D eigenvalue weighted by molar-refractivity contribution is 7.88. The third kappa shape index (κ3) is 9.24. The van der Waals surface area contributed by atoms with Crippen LogP contribution in [0.5, 0.6) is 0 Å². The van der Waals surface area contributed by atoms with Gasteiger partial charge in [0.1, 0.15) is 12.1 Å². The van der Waals surface area contributed by atoms with E-state index in [1.54, 1.807) is 54.4 Å². The third-order valence-electron chi connectivity index (χ3n) is 8.40. The Labute approximate surface area is 264 Å². The summed E-state index contributed by atoms with van der Waals surface area (Å²) in [6.07, 6.45) is 2.68. The van der Waals surface area contributed by atoms with Gasteiger partial charge in [0.05, 0.1) is 5.75 Å². The number of carbonyl (C=O) groups is 3. The van der Waals surface area contributed by atoms with E-state index < -0.39 is 28.0 Å². The molecule has 2 aromatic rings. The van der Waals surface area contributed by atoms with Crippen molar-refractivity contribution in [1.82, 2.24) is 25.2 Å². The van der Waals surface area contributed by atoms with Crippen LogP contribution in [0.25, 0.3) is 0 Å². The fourth-order valence-corrected chi connectivity index (χ4v) is 7.45. The van der Waals surface area contributed by atoms with E-state index in [2.05, 4.69) is 15.4 Å². The van der Waals surface area contributed by atoms with Gasteiger partial charge in [-0.3, -0.25) is 14.4 Å². The van der Waals surface area contributed by atoms with Crippen molar-refractivity contribution in [3.63, 3.8) is 0 Å². The zero-order valence-corrected chi connectivity index (χ0v) is 26.7. The molecular formula is C31H43ClN6O5S. The largest absolute Gasteiger partial charge is 0.350 e. The van der Waals surface area contributed by atoms with Crippen LogP contribution in [0.4, 0.5) is 0 Å². The molecule has 2 atom stereocenters. The molecule has 2 saturated heterocycles. The van der Waals surface area contributed by atoms with Crippen molar-refractivity contribution in [2.75, 3.05) is 26.7 Å². The summed E-state index contributed by atoms with van der Waals surface area (Å²) < 4.78 is 29.0. The quantitative estimate of drug-likeness (QED) is 0.259. The molecule has 2 heterocycles. The number of sulfonamides is 1. The predicted molar refractivity (Wildman–Crippen MR) is 170 cm³/mol. The van der Waals surface area contributed by atoms with Gasteiger partial charge in [-0.25, -0.2) is 13.1 Å². The summed E-state index contributed by atoms with van der Waals surface area (Å²) in [6.45, 7) is 2.43. The summed E-state index contributed by atoms with van der Waals surface area (Å²) in [6, 6.07) is 12.1. The number of nitrogens with zero attached hydrogens (tertiary/aromatic N) is 2. The molecular weight excluding hydrogens is 604 g/mol. The predicted octanol–water partition coefficient (Wildman–Crippen LogP) is 1.88. The first kappa shape index (κ1) is 33.9. The number of carbonyl (C=O) groups excluding carboxylic acids is 3. The molecule has 4 rings (SSSR count). The molecule has 2 fully saturated rings. The lowest BCUT2D eigenvalue weighted by atomic mass is 10.0. The lowest BCUT2D eigenvalue weighted by molar-refractivity contribution is -0.140. The van der Waals surface area contributed by atoms with Crippen LogP contribution in [0.3, 0.4) is 0 Å². The van der Waals surface area contributed by atoms with Crippen molar-refractivity contribution in [2.45, 2.75) is 75.5 Å². The molecule has 2 aromatic carbocycles. The molecule has 0 spiro atoms. The van der Waals surface area contributed by atoms with Crippen LogP contribution in [0.1, 0.15) is 55.2 Å². The number of benzene rings is 2. The van der Waals surface area contributed by atoms with E-state index >= 15 is 0 Å². The van der Waals surface area contributed by atoms with Crippen LogP contribution >= 0.6 is 11.6 Å². The minimum atomic E-state index is -3.95. The smallest absolute Gasteiger partial charge is 0.243 e. The van der Waals surface area contributed by atoms with Crippen molar-refractivity contribution in [1.29, 1.82) is 0 Å². The van der Waals surface area contributed by atoms with Crippen LogP contribution in [0, 0.1) is 0 Å². The standard InChI is InChI=1S/C31H43ClN6O5S/c1-37(26-13-15-34-16-14-26)29(39)12-11-27(36-44(42,43)21-22-6-3-2-4-7-22)31(41)38-17-5-8-28(38)30(40)35-20-24-18-25(32)10-9-23(24)19-33/h2-4,6-7,9-10,18,26-28,34,36H,5,8,11-17,19-21,33H2,1H3,(H,35,40)/t27-,28+/m1/s1. The molecule has 240 valence electrons. The molecule has 2 aliphatic heterocycles. The van der Waals surface area contributed by atoms with E-state index in [0.717, 1.165) is 37.1 Å². The summed E-state index contributed by atoms with van der Waals surface area (Å²) in [5.41, 5.74) is 8.05. The van der Waals surface area contributed by atoms with Gasteiger partial charge < -0.3 is 26.2 Å². The molecule has 0 aromatic heterocycles. The highest BCUT2D eigenvalue weighted by Gasteiger charge is 2.38. The number of rotatable bonds is 13. The molecule has 0 bridgehead atoms. The van der Waals surface area contributed by atoms with Crippen LogP contribution in [-0.4, -0.2) is 80.7 Å². The van der Waals surface area contributed by atoms with Crippen LogP contribution < -0.4 is 21.1 Å². The molecule has 11 nitrogen and oxygen atoms in total. The first-order valence-electron chi connectivity index (χ1n) is 15.1. The Morgan fingerprint density at radius 2 is 1.82 bits per heavy atom. The maximum atomic E-state index is 13.9. The Bertz CT molecular complexity index is 1400. The number of likely N-dealkylation sites (tertiary alicyclic amines) is 1. The molecule has 3 amide bonds. The lowest BCUT2D eigenvalue weighted by Crippen LogP contribution is -2.54. The van der Waals surface area contributed by atoms with Crippen molar-refractivity contribution >= 4 is 39.3 Å². The van der Waals surface area contributed by atoms with Gasteiger partial charge in [-0.2, -0.15) is 0 Å². The Hall–Kier alpha value is -3.03. The van der Waals surface area contributed by atoms with Crippen molar-refractivity contribution in [3.05, 3.63) is 70.2 Å². The number of halogens is 1. The van der Waals surface area contributed by atoms with E-state index in [-0.39, 0.29) is 49.5 Å². The van der Waals surface area contributed by atoms with Gasteiger partial charge in [0.25, 0.3) is 0 Å². The van der Waals surface area contributed by atoms with Gasteiger partial charge in [0.15, 0.2) is 0 Å². The molecule has 0 aliphatic carbocycles. The van der Waals surface area contributed by atoms with E-state index in [9.17, 15) is 22.8 Å². The second-order valence-corrected chi connectivity index (χ2v) is 13.7. The van der Waals surface area contributed by atoms with Crippen LogP contribution in [0.2, 0.25) is 5.02 Å². The second-order valence-electron chi connectivity index (χ2n) is 11.5. The molecule has 2 aliphatic rings. The van der Waals surface area contributed by atoms with Crippen LogP contribution in [-0.2, 0) is 43.2 Å². The maximum Gasteiger partial charge on any atom is 0.243 e. The molecule has 0 saturated carbocycles. The Morgan fingerprint density at radius 3 is 2.52 bits per heavy atom. The molecule has 5 N–H and O–H groups in total. The molecule has 0 radical (unpaired) electrons. The first-order chi connectivity index (χ1) is 21.1. The van der Waals surface area contributed by atoms with E-state index in [4.69, 9.17) is 17.3 Å². The zero-order chi connectivity index (χ0) is 31.7. The number of amides is 3. The van der Waals surface area contributed by atoms with Crippen LogP contribution in [0.15, 0.2) is 48.5 Å². The van der Waals surface area contributed by atoms with Gasteiger partial charge in [-0.05, 0) is 74.0 Å². The average molecular weight is 647 g/mol. The number of hydrogen-bond donors (Lipinski definition) is 4. The lowest BCUT2D eigenvalue weighted by Gasteiger charge is -2.32. The molecule has 0 unspecified atom stereocenters. The highest BCUT2D eigenvalue weighted by atomic mass is 35.5. The van der Waals surface area contributed by atoms with Crippen molar-refractivity contribution < 1.29 is 22.8 Å². The maximum absolute atomic E-state index is 13.9. The van der Waals surface area contributed by atoms with E-state index in [1.165, 1.54) is 4.90 Å². The number of nitrogens with one attached hydrogen (secondary N) is 3. The van der Waals surface area contributed by atoms with Gasteiger partial charge in [0.2, 0.25) is 27.7 Å². The van der Waals surface area contributed by atoms with Crippen molar-refractivity contribution in [2.24, 2.45) is 5.73 Å². The second kappa shape index (κ2) is 15.8. The zero-order valence-electron chi connectivity index (χ0n) is 25.1. The summed E-state index contributed by atoms with van der Waals surface area (Å²) in [5, 5.41) is 6.70. The van der Waals surface area contributed by atoms with Crippen molar-refractivity contribution in [3.8, 4) is 0 Å². The van der Waals surface area contributed by atoms with E-state index in [1.807, 2.05) is 6.07 Å². The molecule has 44 heavy (non-hydrogen) atoms. The van der Waals surface area contributed by atoms with Gasteiger partial charge in [-0.1, -0.05) is 48.0 Å². The Balaban J connectivity index is 1.47. The summed E-state index contributed by atoms with van der Waals surface area (Å²) in [5.74, 6) is -1.31. The SMILES string of the molecule is CN(C(=O)CC[C@@H](NS(=O)(=O)Cc1ccccc1)C(=O)N1CCC[C@H]1C(=O)NCc1cc(Cl)ccc1CN)C1CCNCC1. The fourth-order valence-electron chi connectivity index (χ4n) is 5.89. The molecule has 13 heteroatoms. The number of hydrogen-bond acceptors (Lipinski definition) is 7. The third-order valence-corrected chi connectivity index (χ3v) is 9.99. The summed E-state index contributed by atoms with van der Waals surface area (Å²) >= 11 is 6.14. The van der Waals surface area contributed by atoms with Gasteiger partial charge >= 0.3 is 0 Å². The van der Waals surface area contributed by atoms with Gasteiger partial charge in [0, 0.05) is 44.2 Å². The van der Waals surface area contributed by atoms with Gasteiger partial charge in [-0.15, -0.1) is 0 Å². The fraction of sp³-hybridized carbons (Fsp3) is 0.516. The Morgan fingerprint density at radius 1 is 1.09 bits per heavy atom. The monoisotopic (exact) mass is 646 g/mol. The highest BCUT2D eigenvalue weighted by Crippen LogP contribution is 2.22. The first-order valence-corrected chi connectivity index (χ1v) is 17.2. The van der Waals surface area contributed by atoms with E-state index in [0.29, 0.717) is 30.0 Å². The minimum Gasteiger partial charge on any atom is -0.350 e. The average Bonchev–Trinajstić information content (AvgIpc) is 3.52.